The van der Waals surface area contributed by atoms with E-state index in [1.165, 1.54) is 18.2 Å². The third kappa shape index (κ3) is 4.84. The number of amides is 1. The monoisotopic (exact) mass is 269 g/mol. The molecule has 1 aromatic rings. The summed E-state index contributed by atoms with van der Waals surface area (Å²) in [7, 11) is 0. The summed E-state index contributed by atoms with van der Waals surface area (Å²) in [5.41, 5.74) is 5.99. The zero-order chi connectivity index (χ0) is 14.4. The fourth-order valence-corrected chi connectivity index (χ4v) is 1.66. The summed E-state index contributed by atoms with van der Waals surface area (Å²) in [5, 5.41) is 11.4. The lowest BCUT2D eigenvalue weighted by Gasteiger charge is -2.24. The van der Waals surface area contributed by atoms with Crippen LogP contribution in [-0.4, -0.2) is 41.7 Å². The second kappa shape index (κ2) is 7.06. The van der Waals surface area contributed by atoms with Crippen LogP contribution in [0.5, 0.6) is 0 Å². The summed E-state index contributed by atoms with van der Waals surface area (Å²) in [6.45, 7) is 4.29. The van der Waals surface area contributed by atoms with Crippen LogP contribution in [0.25, 0.3) is 0 Å². The van der Waals surface area contributed by atoms with Crippen LogP contribution in [-0.2, 0) is 4.79 Å². The highest BCUT2D eigenvalue weighted by atomic mass is 19.1. The molecular weight excluding hydrogens is 249 g/mol. The van der Waals surface area contributed by atoms with Gasteiger partial charge in [-0.25, -0.2) is 4.39 Å². The van der Waals surface area contributed by atoms with E-state index in [-0.39, 0.29) is 30.8 Å². The molecule has 1 amide bonds. The molecule has 0 aliphatic carbocycles. The molecule has 5 nitrogen and oxygen atoms in total. The van der Waals surface area contributed by atoms with Crippen LogP contribution in [0, 0.1) is 5.82 Å². The van der Waals surface area contributed by atoms with Gasteiger partial charge in [-0.15, -0.1) is 0 Å². The maximum absolute atomic E-state index is 13.5. The molecule has 4 N–H and O–H groups in total. The maximum atomic E-state index is 13.5. The number of nitrogens with one attached hydrogen (secondary N) is 1. The van der Waals surface area contributed by atoms with E-state index in [0.29, 0.717) is 12.2 Å². The number of aliphatic hydroxyl groups excluding tert-OH is 1. The van der Waals surface area contributed by atoms with Crippen LogP contribution in [0.15, 0.2) is 18.2 Å². The summed E-state index contributed by atoms with van der Waals surface area (Å²) in [6.07, 6.45) is 0. The van der Waals surface area contributed by atoms with Gasteiger partial charge >= 0.3 is 0 Å². The fourth-order valence-electron chi connectivity index (χ4n) is 1.66. The molecule has 0 unspecified atom stereocenters. The average molecular weight is 269 g/mol. The predicted octanol–water partition coefficient (Wildman–Crippen LogP) is 1.05. The number of hydrogen-bond donors (Lipinski definition) is 3. The average Bonchev–Trinajstić information content (AvgIpc) is 2.33. The molecule has 0 fully saturated rings. The van der Waals surface area contributed by atoms with Crippen molar-refractivity contribution < 1.29 is 14.3 Å². The second-order valence-electron chi connectivity index (χ2n) is 4.58. The molecule has 0 saturated carbocycles. The molecule has 0 bridgehead atoms. The van der Waals surface area contributed by atoms with Crippen molar-refractivity contribution >= 4 is 17.3 Å². The lowest BCUT2D eigenvalue weighted by atomic mass is 10.2. The Bertz CT molecular complexity index is 438. The Kier molecular flexibility index (Phi) is 5.72. The second-order valence-corrected chi connectivity index (χ2v) is 4.58. The van der Waals surface area contributed by atoms with Crippen LogP contribution < -0.4 is 11.1 Å². The van der Waals surface area contributed by atoms with Crippen LogP contribution >= 0.6 is 0 Å². The highest BCUT2D eigenvalue weighted by Crippen LogP contribution is 2.17. The summed E-state index contributed by atoms with van der Waals surface area (Å²) >= 11 is 0. The van der Waals surface area contributed by atoms with Crippen LogP contribution in [0.2, 0.25) is 0 Å². The zero-order valence-electron chi connectivity index (χ0n) is 11.2. The number of benzene rings is 1. The Morgan fingerprint density at radius 1 is 1.53 bits per heavy atom. The molecule has 0 atom stereocenters. The normalized spacial score (nSPS) is 11.1. The van der Waals surface area contributed by atoms with Crippen molar-refractivity contribution in [1.82, 2.24) is 4.90 Å². The Morgan fingerprint density at radius 2 is 2.21 bits per heavy atom. The number of hydrogen-bond acceptors (Lipinski definition) is 4. The van der Waals surface area contributed by atoms with Crippen molar-refractivity contribution in [1.29, 1.82) is 0 Å². The number of nitrogens with two attached hydrogens (primary N) is 1. The summed E-state index contributed by atoms with van der Waals surface area (Å²) < 4.78 is 13.5. The Morgan fingerprint density at radius 3 is 2.79 bits per heavy atom. The number of anilines is 2. The summed E-state index contributed by atoms with van der Waals surface area (Å²) in [4.78, 5) is 13.6. The van der Waals surface area contributed by atoms with Gasteiger partial charge < -0.3 is 16.2 Å². The molecule has 1 rings (SSSR count). The van der Waals surface area contributed by atoms with Gasteiger partial charge in [0.05, 0.1) is 18.8 Å². The molecule has 0 radical (unpaired) electrons. The fraction of sp³-hybridized carbons (Fsp3) is 0.462. The number of rotatable bonds is 6. The maximum Gasteiger partial charge on any atom is 0.238 e. The predicted molar refractivity (Wildman–Crippen MR) is 73.2 cm³/mol. The highest BCUT2D eigenvalue weighted by Gasteiger charge is 2.14. The molecule has 0 aliphatic rings. The lowest BCUT2D eigenvalue weighted by molar-refractivity contribution is -0.117. The molecule has 19 heavy (non-hydrogen) atoms. The number of nitrogens with zero attached hydrogens (tertiary/aromatic N) is 1. The molecular formula is C13H20FN3O2. The van der Waals surface area contributed by atoms with E-state index in [1.807, 2.05) is 13.8 Å². The minimum absolute atomic E-state index is 0.0297. The minimum atomic E-state index is -0.527. The number of halogens is 1. The first-order valence-electron chi connectivity index (χ1n) is 6.13. The highest BCUT2D eigenvalue weighted by molar-refractivity contribution is 5.92. The Labute approximate surface area is 112 Å². The lowest BCUT2D eigenvalue weighted by Crippen LogP contribution is -2.39. The number of carbonyl (C=O) groups is 1. The van der Waals surface area contributed by atoms with E-state index in [0.717, 1.165) is 0 Å². The number of carbonyl (C=O) groups excluding carboxylic acids is 1. The topological polar surface area (TPSA) is 78.6 Å². The van der Waals surface area contributed by atoms with Gasteiger partial charge in [-0.05, 0) is 32.0 Å². The van der Waals surface area contributed by atoms with Crippen molar-refractivity contribution in [2.45, 2.75) is 19.9 Å². The van der Waals surface area contributed by atoms with E-state index in [9.17, 15) is 9.18 Å². The minimum Gasteiger partial charge on any atom is -0.399 e. The first-order valence-corrected chi connectivity index (χ1v) is 6.13. The quantitative estimate of drug-likeness (QED) is 0.674. The molecule has 0 heterocycles. The van der Waals surface area contributed by atoms with Crippen LogP contribution in [0.4, 0.5) is 15.8 Å². The molecule has 1 aromatic carbocycles. The van der Waals surface area contributed by atoms with Gasteiger partial charge in [-0.2, -0.15) is 0 Å². The molecule has 6 heteroatoms. The Hall–Kier alpha value is -1.66. The largest absolute Gasteiger partial charge is 0.399 e. The van der Waals surface area contributed by atoms with Gasteiger partial charge in [0.15, 0.2) is 0 Å². The van der Waals surface area contributed by atoms with E-state index in [2.05, 4.69) is 5.32 Å². The van der Waals surface area contributed by atoms with Crippen LogP contribution in [0.3, 0.4) is 0 Å². The van der Waals surface area contributed by atoms with Gasteiger partial charge in [0.25, 0.3) is 0 Å². The molecule has 0 spiro atoms. The third-order valence-electron chi connectivity index (χ3n) is 2.73. The van der Waals surface area contributed by atoms with Crippen molar-refractivity contribution in [2.24, 2.45) is 0 Å². The number of nitrogen functional groups attached to an aromatic ring is 1. The first kappa shape index (κ1) is 15.4. The van der Waals surface area contributed by atoms with Gasteiger partial charge in [0.1, 0.15) is 5.82 Å². The summed E-state index contributed by atoms with van der Waals surface area (Å²) in [6, 6.07) is 4.12. The van der Waals surface area contributed by atoms with Crippen molar-refractivity contribution in [3.05, 3.63) is 24.0 Å². The number of aliphatic hydroxyl groups is 1. The van der Waals surface area contributed by atoms with Gasteiger partial charge in [0.2, 0.25) is 5.91 Å². The van der Waals surface area contributed by atoms with Gasteiger partial charge in [-0.3, -0.25) is 9.69 Å². The molecule has 0 aliphatic heterocycles. The molecule has 0 aromatic heterocycles. The van der Waals surface area contributed by atoms with Gasteiger partial charge in [-0.1, -0.05) is 0 Å². The van der Waals surface area contributed by atoms with Crippen molar-refractivity contribution in [3.63, 3.8) is 0 Å². The molecule has 0 saturated heterocycles. The first-order chi connectivity index (χ1) is 8.93. The van der Waals surface area contributed by atoms with Crippen molar-refractivity contribution in [3.8, 4) is 0 Å². The zero-order valence-corrected chi connectivity index (χ0v) is 11.2. The van der Waals surface area contributed by atoms with Gasteiger partial charge in [0, 0.05) is 18.3 Å². The molecule has 106 valence electrons. The standard InChI is InChI=1S/C13H20FN3O2/c1-9(2)17(5-6-18)8-13(19)16-12-7-10(15)3-4-11(12)14/h3-4,7,9,18H,5-6,8,15H2,1-2H3,(H,16,19). The SMILES string of the molecule is CC(C)N(CCO)CC(=O)Nc1cc(N)ccc1F. The summed E-state index contributed by atoms with van der Waals surface area (Å²) in [5.74, 6) is -0.868. The van der Waals surface area contributed by atoms with E-state index in [4.69, 9.17) is 10.8 Å². The van der Waals surface area contributed by atoms with E-state index < -0.39 is 5.82 Å². The van der Waals surface area contributed by atoms with E-state index in [1.54, 1.807) is 4.90 Å². The van der Waals surface area contributed by atoms with Crippen LogP contribution in [0.1, 0.15) is 13.8 Å². The van der Waals surface area contributed by atoms with Crippen molar-refractivity contribution in [2.75, 3.05) is 30.7 Å². The Balaban J connectivity index is 2.66. The van der Waals surface area contributed by atoms with E-state index >= 15 is 0 Å². The third-order valence-corrected chi connectivity index (χ3v) is 2.73. The smallest absolute Gasteiger partial charge is 0.238 e.